The maximum atomic E-state index is 12.9. The van der Waals surface area contributed by atoms with Crippen molar-refractivity contribution in [2.45, 2.75) is 38.5 Å². The Labute approximate surface area is 162 Å². The maximum absolute atomic E-state index is 12.9. The van der Waals surface area contributed by atoms with Gasteiger partial charge in [0, 0.05) is 30.8 Å². The Morgan fingerprint density at radius 1 is 1.07 bits per heavy atom. The quantitative estimate of drug-likeness (QED) is 0.767. The van der Waals surface area contributed by atoms with Crippen molar-refractivity contribution in [1.82, 2.24) is 4.90 Å². The van der Waals surface area contributed by atoms with Crippen LogP contribution < -0.4 is 14.8 Å². The molecule has 0 spiro atoms. The van der Waals surface area contributed by atoms with Gasteiger partial charge in [-0.25, -0.2) is 0 Å². The standard InChI is InChI=1S/C20H24N2O6/c23-17(21-14-3-4-15-16(11-14)28-12-27-15)13-5-9-22(10-6-13)18(24)20(19(25)26)7-1-2-8-20/h3-4,11,13H,1-2,5-10,12H2,(H,21,23)(H,25,26). The number of fused-ring (bicyclic) bond motifs is 1. The number of aliphatic carboxylic acids is 1. The van der Waals surface area contributed by atoms with Crippen LogP contribution in [0.5, 0.6) is 11.5 Å². The van der Waals surface area contributed by atoms with E-state index in [1.54, 1.807) is 23.1 Å². The number of likely N-dealkylation sites (tertiary alicyclic amines) is 1. The number of carboxylic acids is 1. The minimum Gasteiger partial charge on any atom is -0.480 e. The van der Waals surface area contributed by atoms with Gasteiger partial charge in [-0.15, -0.1) is 0 Å². The second-order valence-corrected chi connectivity index (χ2v) is 7.72. The third kappa shape index (κ3) is 3.27. The number of nitrogens with one attached hydrogen (secondary N) is 1. The molecule has 2 N–H and O–H groups in total. The normalized spacial score (nSPS) is 20.8. The number of carbonyl (C=O) groups excluding carboxylic acids is 2. The highest BCUT2D eigenvalue weighted by atomic mass is 16.7. The van der Waals surface area contributed by atoms with Gasteiger partial charge in [0.1, 0.15) is 5.41 Å². The van der Waals surface area contributed by atoms with Crippen molar-refractivity contribution in [3.8, 4) is 11.5 Å². The molecule has 0 aromatic heterocycles. The van der Waals surface area contributed by atoms with Gasteiger partial charge in [0.15, 0.2) is 11.5 Å². The third-order valence-electron chi connectivity index (χ3n) is 6.07. The van der Waals surface area contributed by atoms with E-state index < -0.39 is 11.4 Å². The Balaban J connectivity index is 1.34. The third-order valence-corrected chi connectivity index (χ3v) is 6.07. The summed E-state index contributed by atoms with van der Waals surface area (Å²) in [5.74, 6) is -0.346. The second-order valence-electron chi connectivity index (χ2n) is 7.72. The van der Waals surface area contributed by atoms with Crippen LogP contribution in [0.3, 0.4) is 0 Å². The number of benzene rings is 1. The van der Waals surface area contributed by atoms with Gasteiger partial charge in [-0.05, 0) is 37.8 Å². The van der Waals surface area contributed by atoms with Crippen LogP contribution >= 0.6 is 0 Å². The van der Waals surface area contributed by atoms with Gasteiger partial charge in [0.25, 0.3) is 0 Å². The fraction of sp³-hybridized carbons (Fsp3) is 0.550. The summed E-state index contributed by atoms with van der Waals surface area (Å²) in [5, 5.41) is 12.5. The van der Waals surface area contributed by atoms with Crippen molar-refractivity contribution in [2.75, 3.05) is 25.2 Å². The van der Waals surface area contributed by atoms with Crippen LogP contribution in [-0.2, 0) is 14.4 Å². The lowest BCUT2D eigenvalue weighted by atomic mass is 9.83. The number of amides is 2. The van der Waals surface area contributed by atoms with Gasteiger partial charge in [0.2, 0.25) is 18.6 Å². The number of carboxylic acid groups (broad SMARTS) is 1. The summed E-state index contributed by atoms with van der Waals surface area (Å²) in [6.45, 7) is 0.997. The van der Waals surface area contributed by atoms with Crippen LogP contribution in [0, 0.1) is 11.3 Å². The highest BCUT2D eigenvalue weighted by molar-refractivity contribution is 6.02. The number of anilines is 1. The molecule has 28 heavy (non-hydrogen) atoms. The molecule has 0 unspecified atom stereocenters. The van der Waals surface area contributed by atoms with E-state index in [4.69, 9.17) is 9.47 Å². The molecule has 2 fully saturated rings. The van der Waals surface area contributed by atoms with E-state index in [0.29, 0.717) is 56.0 Å². The van der Waals surface area contributed by atoms with Gasteiger partial charge in [-0.1, -0.05) is 12.8 Å². The van der Waals surface area contributed by atoms with Crippen molar-refractivity contribution < 1.29 is 29.0 Å². The van der Waals surface area contributed by atoms with E-state index in [0.717, 1.165) is 12.8 Å². The molecule has 2 heterocycles. The molecule has 0 bridgehead atoms. The molecule has 0 atom stereocenters. The molecular weight excluding hydrogens is 364 g/mol. The summed E-state index contributed by atoms with van der Waals surface area (Å²) in [6.07, 6.45) is 3.41. The van der Waals surface area contributed by atoms with Crippen LogP contribution in [0.25, 0.3) is 0 Å². The molecule has 1 saturated carbocycles. The first-order valence-corrected chi connectivity index (χ1v) is 9.73. The number of nitrogens with zero attached hydrogens (tertiary/aromatic N) is 1. The Morgan fingerprint density at radius 2 is 1.75 bits per heavy atom. The number of carbonyl (C=O) groups is 3. The van der Waals surface area contributed by atoms with Crippen LogP contribution in [0.15, 0.2) is 18.2 Å². The molecule has 2 aliphatic heterocycles. The number of hydrogen-bond donors (Lipinski definition) is 2. The Morgan fingerprint density at radius 3 is 2.43 bits per heavy atom. The van der Waals surface area contributed by atoms with E-state index in [1.165, 1.54) is 0 Å². The molecule has 1 aromatic carbocycles. The lowest BCUT2D eigenvalue weighted by Crippen LogP contribution is -2.50. The zero-order chi connectivity index (χ0) is 19.7. The van der Waals surface area contributed by atoms with E-state index in [1.807, 2.05) is 0 Å². The minimum absolute atomic E-state index is 0.0974. The first-order valence-electron chi connectivity index (χ1n) is 9.73. The van der Waals surface area contributed by atoms with Crippen molar-refractivity contribution in [2.24, 2.45) is 11.3 Å². The lowest BCUT2D eigenvalue weighted by Gasteiger charge is -2.36. The summed E-state index contributed by atoms with van der Waals surface area (Å²) in [5.41, 5.74) is -0.620. The monoisotopic (exact) mass is 388 g/mol. The number of piperidine rings is 1. The Kier molecular flexibility index (Phi) is 4.87. The highest BCUT2D eigenvalue weighted by Gasteiger charge is 2.50. The van der Waals surface area contributed by atoms with E-state index in [-0.39, 0.29) is 24.5 Å². The Bertz CT molecular complexity index is 794. The fourth-order valence-corrected chi connectivity index (χ4v) is 4.36. The predicted octanol–water partition coefficient (Wildman–Crippen LogP) is 2.24. The lowest BCUT2D eigenvalue weighted by molar-refractivity contribution is -0.161. The topological polar surface area (TPSA) is 105 Å². The molecule has 1 aromatic rings. The zero-order valence-electron chi connectivity index (χ0n) is 15.6. The summed E-state index contributed by atoms with van der Waals surface area (Å²) in [7, 11) is 0. The molecule has 4 rings (SSSR count). The van der Waals surface area contributed by atoms with E-state index >= 15 is 0 Å². The molecule has 8 nitrogen and oxygen atoms in total. The maximum Gasteiger partial charge on any atom is 0.319 e. The highest BCUT2D eigenvalue weighted by Crippen LogP contribution is 2.41. The van der Waals surface area contributed by atoms with Gasteiger partial charge in [0.05, 0.1) is 0 Å². The molecular formula is C20H24N2O6. The number of hydrogen-bond acceptors (Lipinski definition) is 5. The first kappa shape index (κ1) is 18.6. The summed E-state index contributed by atoms with van der Waals surface area (Å²) < 4.78 is 10.6. The summed E-state index contributed by atoms with van der Waals surface area (Å²) >= 11 is 0. The van der Waals surface area contributed by atoms with Crippen LogP contribution in [-0.4, -0.2) is 47.7 Å². The first-order chi connectivity index (χ1) is 13.5. The van der Waals surface area contributed by atoms with Crippen LogP contribution in [0.4, 0.5) is 5.69 Å². The largest absolute Gasteiger partial charge is 0.480 e. The van der Waals surface area contributed by atoms with E-state index in [9.17, 15) is 19.5 Å². The van der Waals surface area contributed by atoms with Gasteiger partial charge >= 0.3 is 5.97 Å². The van der Waals surface area contributed by atoms with Crippen molar-refractivity contribution >= 4 is 23.5 Å². The molecule has 150 valence electrons. The molecule has 8 heteroatoms. The van der Waals surface area contributed by atoms with Crippen molar-refractivity contribution in [3.05, 3.63) is 18.2 Å². The molecule has 3 aliphatic rings. The zero-order valence-corrected chi connectivity index (χ0v) is 15.6. The predicted molar refractivity (Wildman–Crippen MR) is 99.0 cm³/mol. The van der Waals surface area contributed by atoms with Crippen LogP contribution in [0.1, 0.15) is 38.5 Å². The molecule has 1 saturated heterocycles. The summed E-state index contributed by atoms with van der Waals surface area (Å²) in [4.78, 5) is 38.8. The molecule has 0 radical (unpaired) electrons. The van der Waals surface area contributed by atoms with E-state index in [2.05, 4.69) is 5.32 Å². The summed E-state index contributed by atoms with van der Waals surface area (Å²) in [6, 6.07) is 5.25. The van der Waals surface area contributed by atoms with Gasteiger partial charge < -0.3 is 24.8 Å². The van der Waals surface area contributed by atoms with Crippen molar-refractivity contribution in [1.29, 1.82) is 0 Å². The van der Waals surface area contributed by atoms with Crippen molar-refractivity contribution in [3.63, 3.8) is 0 Å². The smallest absolute Gasteiger partial charge is 0.319 e. The average Bonchev–Trinajstić information content (AvgIpc) is 3.37. The fourth-order valence-electron chi connectivity index (χ4n) is 4.36. The molecule has 1 aliphatic carbocycles. The number of ether oxygens (including phenoxy) is 2. The Hall–Kier alpha value is -2.77. The van der Waals surface area contributed by atoms with Crippen LogP contribution in [0.2, 0.25) is 0 Å². The number of rotatable bonds is 4. The average molecular weight is 388 g/mol. The SMILES string of the molecule is O=C(Nc1ccc2c(c1)OCO2)C1CCN(C(=O)C2(C(=O)O)CCCC2)CC1. The molecule has 2 amide bonds. The van der Waals surface area contributed by atoms with Gasteiger partial charge in [-0.2, -0.15) is 0 Å². The van der Waals surface area contributed by atoms with Gasteiger partial charge in [-0.3, -0.25) is 14.4 Å². The second kappa shape index (κ2) is 7.33. The minimum atomic E-state index is -1.26.